The Kier molecular flexibility index (Phi) is 7.00. The fourth-order valence-corrected chi connectivity index (χ4v) is 5.41. The molecule has 0 N–H and O–H groups in total. The van der Waals surface area contributed by atoms with E-state index in [0.717, 1.165) is 69.6 Å². The topological polar surface area (TPSA) is 42.9 Å². The number of anilines is 1. The summed E-state index contributed by atoms with van der Waals surface area (Å²) in [6.45, 7) is 8.69. The Hall–Kier alpha value is -2.74. The van der Waals surface area contributed by atoms with Crippen LogP contribution >= 0.6 is 11.3 Å². The van der Waals surface area contributed by atoms with E-state index in [-0.39, 0.29) is 5.91 Å². The molecule has 0 atom stereocenters. The number of aromatic nitrogens is 1. The molecule has 0 bridgehead atoms. The average molecular weight is 462 g/mol. The van der Waals surface area contributed by atoms with Crippen LogP contribution in [-0.4, -0.2) is 84.5 Å². The Morgan fingerprint density at radius 2 is 1.42 bits per heavy atom. The molecule has 5 rings (SSSR count). The van der Waals surface area contributed by atoms with E-state index in [0.29, 0.717) is 6.54 Å². The number of benzene rings is 2. The number of carbonyl (C=O) groups is 1. The molecule has 0 aliphatic carbocycles. The molecule has 172 valence electrons. The van der Waals surface area contributed by atoms with Gasteiger partial charge in [-0.2, -0.15) is 0 Å². The minimum atomic E-state index is 0.267. The summed E-state index contributed by atoms with van der Waals surface area (Å²) in [6.07, 6.45) is 0. The lowest BCUT2D eigenvalue weighted by atomic mass is 10.2. The number of rotatable bonds is 6. The van der Waals surface area contributed by atoms with E-state index in [1.165, 1.54) is 11.3 Å². The van der Waals surface area contributed by atoms with Crippen molar-refractivity contribution in [2.75, 3.05) is 63.8 Å². The lowest BCUT2D eigenvalue weighted by Gasteiger charge is -2.38. The molecule has 6 nitrogen and oxygen atoms in total. The predicted molar refractivity (Wildman–Crippen MR) is 135 cm³/mol. The van der Waals surface area contributed by atoms with Crippen molar-refractivity contribution < 1.29 is 4.79 Å². The number of amides is 1. The summed E-state index contributed by atoms with van der Waals surface area (Å²) in [5, 5.41) is 3.31. The standard InChI is InChI=1S/C26H31N5OS/c32-26(31-17-15-30(16-18-31)23-9-5-2-6-10-23)20-29-13-11-28(12-14-29)19-25-27-24(21-33-25)22-7-3-1-4-8-22/h1-10,21H,11-20H2. The van der Waals surface area contributed by atoms with E-state index >= 15 is 0 Å². The normalized spacial score (nSPS) is 17.9. The highest BCUT2D eigenvalue weighted by Gasteiger charge is 2.25. The molecule has 7 heteroatoms. The van der Waals surface area contributed by atoms with Gasteiger partial charge in [-0.25, -0.2) is 4.98 Å². The number of para-hydroxylation sites is 1. The molecule has 0 saturated carbocycles. The molecule has 2 aliphatic rings. The molecule has 0 unspecified atom stereocenters. The summed E-state index contributed by atoms with van der Waals surface area (Å²) < 4.78 is 0. The lowest BCUT2D eigenvalue weighted by Crippen LogP contribution is -2.53. The zero-order chi connectivity index (χ0) is 22.5. The van der Waals surface area contributed by atoms with Crippen molar-refractivity contribution in [1.82, 2.24) is 19.7 Å². The van der Waals surface area contributed by atoms with Crippen molar-refractivity contribution in [2.24, 2.45) is 0 Å². The summed E-state index contributed by atoms with van der Waals surface area (Å²) in [5.74, 6) is 0.267. The highest BCUT2D eigenvalue weighted by molar-refractivity contribution is 7.09. The number of nitrogens with zero attached hydrogens (tertiary/aromatic N) is 5. The SMILES string of the molecule is O=C(CN1CCN(Cc2nc(-c3ccccc3)cs2)CC1)N1CCN(c2ccccc2)CC1. The van der Waals surface area contributed by atoms with E-state index in [2.05, 4.69) is 68.6 Å². The van der Waals surface area contributed by atoms with Crippen molar-refractivity contribution in [3.05, 3.63) is 71.1 Å². The lowest BCUT2D eigenvalue weighted by molar-refractivity contribution is -0.133. The van der Waals surface area contributed by atoms with Crippen molar-refractivity contribution in [1.29, 1.82) is 0 Å². The van der Waals surface area contributed by atoms with Crippen molar-refractivity contribution >= 4 is 22.9 Å². The van der Waals surface area contributed by atoms with Gasteiger partial charge in [-0.3, -0.25) is 14.6 Å². The second kappa shape index (κ2) is 10.5. The number of piperazine rings is 2. The highest BCUT2D eigenvalue weighted by atomic mass is 32.1. The molecule has 1 amide bonds. The van der Waals surface area contributed by atoms with Crippen LogP contribution in [0.1, 0.15) is 5.01 Å². The summed E-state index contributed by atoms with van der Waals surface area (Å²) in [6, 6.07) is 20.8. The van der Waals surface area contributed by atoms with Crippen molar-refractivity contribution in [2.45, 2.75) is 6.54 Å². The van der Waals surface area contributed by atoms with Crippen molar-refractivity contribution in [3.8, 4) is 11.3 Å². The molecule has 3 heterocycles. The van der Waals surface area contributed by atoms with E-state index in [4.69, 9.17) is 4.98 Å². The Morgan fingerprint density at radius 1 is 0.788 bits per heavy atom. The van der Waals surface area contributed by atoms with Gasteiger partial charge in [0.1, 0.15) is 5.01 Å². The molecule has 0 spiro atoms. The number of carbonyl (C=O) groups excluding carboxylic acids is 1. The van der Waals surface area contributed by atoms with Gasteiger partial charge in [-0.05, 0) is 12.1 Å². The molecule has 3 aromatic rings. The first kappa shape index (κ1) is 22.1. The maximum absolute atomic E-state index is 12.9. The van der Waals surface area contributed by atoms with Gasteiger partial charge in [-0.1, -0.05) is 48.5 Å². The molecule has 1 aromatic heterocycles. The Bertz CT molecular complexity index is 1030. The van der Waals surface area contributed by atoms with E-state index in [9.17, 15) is 4.79 Å². The number of thiazole rings is 1. The Labute approximate surface area is 200 Å². The van der Waals surface area contributed by atoms with Crippen LogP contribution < -0.4 is 4.90 Å². The summed E-state index contributed by atoms with van der Waals surface area (Å²) in [7, 11) is 0. The zero-order valence-corrected chi connectivity index (χ0v) is 19.8. The van der Waals surface area contributed by atoms with E-state index < -0.39 is 0 Å². The summed E-state index contributed by atoms with van der Waals surface area (Å²) in [5.41, 5.74) is 3.48. The Balaban J connectivity index is 1.05. The molecule has 2 saturated heterocycles. The molecular weight excluding hydrogens is 430 g/mol. The minimum absolute atomic E-state index is 0.267. The first-order valence-electron chi connectivity index (χ1n) is 11.8. The molecular formula is C26H31N5OS. The fourth-order valence-electron chi connectivity index (χ4n) is 4.57. The molecule has 0 radical (unpaired) electrons. The van der Waals surface area contributed by atoms with Crippen LogP contribution in [0.5, 0.6) is 0 Å². The predicted octanol–water partition coefficient (Wildman–Crippen LogP) is 3.28. The van der Waals surface area contributed by atoms with Gasteiger partial charge in [0.05, 0.1) is 18.8 Å². The molecule has 2 fully saturated rings. The van der Waals surface area contributed by atoms with Crippen molar-refractivity contribution in [3.63, 3.8) is 0 Å². The number of hydrogen-bond donors (Lipinski definition) is 0. The summed E-state index contributed by atoms with van der Waals surface area (Å²) >= 11 is 1.74. The summed E-state index contributed by atoms with van der Waals surface area (Å²) in [4.78, 5) is 26.8. The maximum atomic E-state index is 12.9. The van der Waals surface area contributed by atoms with Crippen LogP contribution in [0.4, 0.5) is 5.69 Å². The van der Waals surface area contributed by atoms with Crippen LogP contribution in [0.15, 0.2) is 66.0 Å². The average Bonchev–Trinajstić information content (AvgIpc) is 3.35. The van der Waals surface area contributed by atoms with Crippen LogP contribution in [0, 0.1) is 0 Å². The third-order valence-electron chi connectivity index (χ3n) is 6.56. The third kappa shape index (κ3) is 5.61. The maximum Gasteiger partial charge on any atom is 0.236 e. The van der Waals surface area contributed by atoms with Gasteiger partial charge in [0.15, 0.2) is 0 Å². The van der Waals surface area contributed by atoms with Gasteiger partial charge in [-0.15, -0.1) is 11.3 Å². The highest BCUT2D eigenvalue weighted by Crippen LogP contribution is 2.23. The van der Waals surface area contributed by atoms with Gasteiger partial charge < -0.3 is 9.80 Å². The van der Waals surface area contributed by atoms with Gasteiger partial charge in [0.25, 0.3) is 0 Å². The zero-order valence-electron chi connectivity index (χ0n) is 19.0. The molecule has 2 aromatic carbocycles. The second-order valence-electron chi connectivity index (χ2n) is 8.75. The molecule has 33 heavy (non-hydrogen) atoms. The fraction of sp³-hybridized carbons (Fsp3) is 0.385. The minimum Gasteiger partial charge on any atom is -0.368 e. The van der Waals surface area contributed by atoms with Gasteiger partial charge >= 0.3 is 0 Å². The van der Waals surface area contributed by atoms with E-state index in [1.807, 2.05) is 17.0 Å². The quantitative estimate of drug-likeness (QED) is 0.564. The smallest absolute Gasteiger partial charge is 0.236 e. The van der Waals surface area contributed by atoms with Crippen LogP contribution in [-0.2, 0) is 11.3 Å². The monoisotopic (exact) mass is 461 g/mol. The Morgan fingerprint density at radius 3 is 2.12 bits per heavy atom. The van der Waals surface area contributed by atoms with Gasteiger partial charge in [0, 0.05) is 69.0 Å². The van der Waals surface area contributed by atoms with Crippen LogP contribution in [0.2, 0.25) is 0 Å². The largest absolute Gasteiger partial charge is 0.368 e. The first-order chi connectivity index (χ1) is 16.2. The van der Waals surface area contributed by atoms with Gasteiger partial charge in [0.2, 0.25) is 5.91 Å². The van der Waals surface area contributed by atoms with E-state index in [1.54, 1.807) is 11.3 Å². The first-order valence-corrected chi connectivity index (χ1v) is 12.6. The third-order valence-corrected chi connectivity index (χ3v) is 7.39. The van der Waals surface area contributed by atoms with Crippen LogP contribution in [0.3, 0.4) is 0 Å². The second-order valence-corrected chi connectivity index (χ2v) is 9.69. The molecule has 2 aliphatic heterocycles. The van der Waals surface area contributed by atoms with Crippen LogP contribution in [0.25, 0.3) is 11.3 Å². The number of hydrogen-bond acceptors (Lipinski definition) is 6.